The Labute approximate surface area is 164 Å². The van der Waals surface area contributed by atoms with E-state index < -0.39 is 5.91 Å². The molecule has 1 amide bonds. The Morgan fingerprint density at radius 1 is 1.27 bits per heavy atom. The second-order valence-corrected chi connectivity index (χ2v) is 8.76. The highest BCUT2D eigenvalue weighted by Gasteiger charge is 2.37. The number of hydrogen-bond donors (Lipinski definition) is 3. The summed E-state index contributed by atoms with van der Waals surface area (Å²) in [4.78, 5) is 12.4. The lowest BCUT2D eigenvalue weighted by Crippen LogP contribution is -2.61. The summed E-state index contributed by atoms with van der Waals surface area (Å²) in [5.41, 5.74) is 0.289. The lowest BCUT2D eigenvalue weighted by molar-refractivity contribution is -0.112. The highest BCUT2D eigenvalue weighted by Crippen LogP contribution is 2.29. The Balaban J connectivity index is 2.09. The summed E-state index contributed by atoms with van der Waals surface area (Å²) in [5.74, 6) is -0.531. The molecule has 26 heavy (non-hydrogen) atoms. The van der Waals surface area contributed by atoms with Crippen molar-refractivity contribution in [2.24, 2.45) is 0 Å². The average Bonchev–Trinajstić information content (AvgIpc) is 2.48. The number of benzene rings is 1. The zero-order valence-electron chi connectivity index (χ0n) is 15.4. The number of amides is 1. The fourth-order valence-electron chi connectivity index (χ4n) is 3.57. The summed E-state index contributed by atoms with van der Waals surface area (Å²) in [5, 5.41) is 19.6. The molecule has 1 aromatic carbocycles. The first kappa shape index (κ1) is 20.6. The van der Waals surface area contributed by atoms with Crippen molar-refractivity contribution in [2.45, 2.75) is 57.7 Å². The molecule has 0 radical (unpaired) electrons. The molecule has 0 bridgehead atoms. The van der Waals surface area contributed by atoms with Crippen LogP contribution in [0.5, 0.6) is 0 Å². The van der Waals surface area contributed by atoms with E-state index in [9.17, 15) is 10.1 Å². The van der Waals surface area contributed by atoms with Gasteiger partial charge in [0.15, 0.2) is 0 Å². The summed E-state index contributed by atoms with van der Waals surface area (Å²) in [6, 6.07) is 6.85. The molecule has 140 valence electrons. The van der Waals surface area contributed by atoms with E-state index in [0.717, 1.165) is 12.8 Å². The van der Waals surface area contributed by atoms with Crippen LogP contribution in [0.15, 0.2) is 30.0 Å². The lowest BCUT2D eigenvalue weighted by Gasteiger charge is -2.46. The fraction of sp³-hybridized carbons (Fsp3) is 0.474. The molecule has 1 heterocycles. The minimum Gasteiger partial charge on any atom is -0.387 e. The van der Waals surface area contributed by atoms with Crippen molar-refractivity contribution in [1.29, 1.82) is 5.26 Å². The van der Waals surface area contributed by atoms with Gasteiger partial charge in [0.25, 0.3) is 5.91 Å². The number of piperidine rings is 1. The summed E-state index contributed by atoms with van der Waals surface area (Å²) >= 11 is 12.0. The van der Waals surface area contributed by atoms with Crippen LogP contribution in [0.2, 0.25) is 10.0 Å². The van der Waals surface area contributed by atoms with E-state index >= 15 is 0 Å². The topological polar surface area (TPSA) is 77.0 Å². The first-order chi connectivity index (χ1) is 12.0. The Bertz CT molecular complexity index is 749. The van der Waals surface area contributed by atoms with Crippen LogP contribution in [0, 0.1) is 11.3 Å². The monoisotopic (exact) mass is 394 g/mol. The molecule has 1 aromatic rings. The maximum absolute atomic E-state index is 12.4. The van der Waals surface area contributed by atoms with Crippen LogP contribution in [0.3, 0.4) is 0 Å². The number of carbonyl (C=O) groups excluding carboxylic acids is 1. The van der Waals surface area contributed by atoms with Gasteiger partial charge in [0.05, 0.1) is 10.7 Å². The normalized spacial score (nSPS) is 19.5. The number of anilines is 1. The summed E-state index contributed by atoms with van der Waals surface area (Å²) in [6.45, 7) is 8.58. The van der Waals surface area contributed by atoms with Gasteiger partial charge in [0, 0.05) is 28.3 Å². The quantitative estimate of drug-likeness (QED) is 0.527. The molecular formula is C19H24Cl2N4O. The van der Waals surface area contributed by atoms with Gasteiger partial charge in [-0.2, -0.15) is 5.26 Å². The number of carbonyl (C=O) groups is 1. The van der Waals surface area contributed by atoms with E-state index in [1.165, 1.54) is 6.20 Å². The molecule has 3 N–H and O–H groups in total. The second kappa shape index (κ2) is 7.87. The van der Waals surface area contributed by atoms with Crippen LogP contribution in [0.4, 0.5) is 5.69 Å². The largest absolute Gasteiger partial charge is 0.387 e. The maximum Gasteiger partial charge on any atom is 0.267 e. The average molecular weight is 395 g/mol. The number of rotatable bonds is 4. The van der Waals surface area contributed by atoms with Gasteiger partial charge in [0.1, 0.15) is 11.6 Å². The van der Waals surface area contributed by atoms with Crippen LogP contribution in [-0.2, 0) is 4.79 Å². The first-order valence-electron chi connectivity index (χ1n) is 8.43. The molecule has 0 saturated carbocycles. The summed E-state index contributed by atoms with van der Waals surface area (Å²) in [6.07, 6.45) is 3.25. The molecule has 0 unspecified atom stereocenters. The van der Waals surface area contributed by atoms with Crippen LogP contribution < -0.4 is 16.0 Å². The fourth-order valence-corrected chi connectivity index (χ4v) is 3.91. The molecule has 2 rings (SSSR count). The molecule has 0 atom stereocenters. The summed E-state index contributed by atoms with van der Waals surface area (Å²) in [7, 11) is 0. The molecule has 0 aromatic heterocycles. The third-order valence-electron chi connectivity index (χ3n) is 4.20. The zero-order chi connectivity index (χ0) is 19.5. The molecule has 0 spiro atoms. The van der Waals surface area contributed by atoms with E-state index in [1.54, 1.807) is 18.2 Å². The van der Waals surface area contributed by atoms with Crippen molar-refractivity contribution < 1.29 is 4.79 Å². The zero-order valence-corrected chi connectivity index (χ0v) is 16.9. The molecule has 1 fully saturated rings. The molecule has 1 aliphatic heterocycles. The third kappa shape index (κ3) is 5.63. The lowest BCUT2D eigenvalue weighted by atomic mass is 9.80. The molecular weight excluding hydrogens is 371 g/mol. The van der Waals surface area contributed by atoms with Crippen LogP contribution in [0.1, 0.15) is 40.5 Å². The van der Waals surface area contributed by atoms with Crippen LogP contribution in [0.25, 0.3) is 0 Å². The number of halogens is 2. The molecule has 1 saturated heterocycles. The van der Waals surface area contributed by atoms with Gasteiger partial charge in [-0.05, 0) is 58.7 Å². The predicted octanol–water partition coefficient (Wildman–Crippen LogP) is 4.24. The van der Waals surface area contributed by atoms with E-state index in [1.807, 2.05) is 6.07 Å². The van der Waals surface area contributed by atoms with E-state index in [4.69, 9.17) is 23.2 Å². The maximum atomic E-state index is 12.4. The third-order valence-corrected chi connectivity index (χ3v) is 4.76. The molecule has 1 aliphatic rings. The standard InChI is InChI=1S/C19H24Cl2N4O/c1-18(2)8-14(9-19(3,4)25-18)23-11-12(10-22)17(26)24-16-7-13(20)5-6-15(16)21/h5-7,11,14,23,25H,8-9H2,1-4H3,(H,24,26)/b12-11-. The first-order valence-corrected chi connectivity index (χ1v) is 9.19. The number of nitriles is 1. The van der Waals surface area contributed by atoms with Gasteiger partial charge in [-0.25, -0.2) is 0 Å². The Kier molecular flexibility index (Phi) is 6.23. The van der Waals surface area contributed by atoms with Crippen LogP contribution >= 0.6 is 23.2 Å². The van der Waals surface area contributed by atoms with Crippen molar-refractivity contribution >= 4 is 34.8 Å². The number of hydrogen-bond acceptors (Lipinski definition) is 4. The SMILES string of the molecule is CC1(C)CC(N/C=C(/C#N)C(=O)Nc2cc(Cl)ccc2Cl)CC(C)(C)N1. The van der Waals surface area contributed by atoms with Gasteiger partial charge in [-0.15, -0.1) is 0 Å². The molecule has 7 heteroatoms. The van der Waals surface area contributed by atoms with Crippen molar-refractivity contribution in [3.05, 3.63) is 40.0 Å². The summed E-state index contributed by atoms with van der Waals surface area (Å²) < 4.78 is 0. The van der Waals surface area contributed by atoms with E-state index in [0.29, 0.717) is 15.7 Å². The Morgan fingerprint density at radius 3 is 2.46 bits per heavy atom. The number of nitrogens with one attached hydrogen (secondary N) is 3. The van der Waals surface area contributed by atoms with Crippen molar-refractivity contribution in [1.82, 2.24) is 10.6 Å². The minimum atomic E-state index is -0.531. The van der Waals surface area contributed by atoms with E-state index in [-0.39, 0.29) is 22.7 Å². The van der Waals surface area contributed by atoms with Gasteiger partial charge in [0.2, 0.25) is 0 Å². The smallest absolute Gasteiger partial charge is 0.267 e. The van der Waals surface area contributed by atoms with Gasteiger partial charge < -0.3 is 16.0 Å². The highest BCUT2D eigenvalue weighted by molar-refractivity contribution is 6.35. The van der Waals surface area contributed by atoms with Crippen molar-refractivity contribution in [2.75, 3.05) is 5.32 Å². The predicted molar refractivity (Wildman–Crippen MR) is 106 cm³/mol. The van der Waals surface area contributed by atoms with Gasteiger partial charge >= 0.3 is 0 Å². The van der Waals surface area contributed by atoms with E-state index in [2.05, 4.69) is 43.6 Å². The second-order valence-electron chi connectivity index (χ2n) is 7.91. The molecule has 5 nitrogen and oxygen atoms in total. The minimum absolute atomic E-state index is 0.0183. The Hall–Kier alpha value is -1.74. The van der Waals surface area contributed by atoms with Crippen LogP contribution in [-0.4, -0.2) is 23.0 Å². The molecule has 0 aliphatic carbocycles. The highest BCUT2D eigenvalue weighted by atomic mass is 35.5. The Morgan fingerprint density at radius 2 is 1.88 bits per heavy atom. The van der Waals surface area contributed by atoms with Gasteiger partial charge in [-0.1, -0.05) is 23.2 Å². The van der Waals surface area contributed by atoms with Crippen molar-refractivity contribution in [3.8, 4) is 6.07 Å². The van der Waals surface area contributed by atoms with Crippen molar-refractivity contribution in [3.63, 3.8) is 0 Å². The number of nitrogens with zero attached hydrogens (tertiary/aromatic N) is 1. The van der Waals surface area contributed by atoms with Gasteiger partial charge in [-0.3, -0.25) is 4.79 Å².